The lowest BCUT2D eigenvalue weighted by Crippen LogP contribution is -2.40. The molecule has 0 aromatic heterocycles. The van der Waals surface area contributed by atoms with E-state index in [1.165, 1.54) is 0 Å². The van der Waals surface area contributed by atoms with Crippen LogP contribution < -0.4 is 0 Å². The summed E-state index contributed by atoms with van der Waals surface area (Å²) >= 11 is 0. The van der Waals surface area contributed by atoms with Crippen molar-refractivity contribution >= 4 is 0 Å². The average molecular weight is 171 g/mol. The van der Waals surface area contributed by atoms with Crippen molar-refractivity contribution in [1.82, 2.24) is 0 Å². The van der Waals surface area contributed by atoms with Gasteiger partial charge in [-0.1, -0.05) is 13.8 Å². The molecule has 5 unspecified atom stereocenters. The van der Waals surface area contributed by atoms with Crippen LogP contribution in [-0.4, -0.2) is 22.4 Å². The van der Waals surface area contributed by atoms with Crippen molar-refractivity contribution in [1.29, 1.82) is 0 Å². The molecule has 0 aliphatic heterocycles. The number of hydrogen-bond donors (Lipinski definition) is 2. The van der Waals surface area contributed by atoms with Gasteiger partial charge in [-0.05, 0) is 31.6 Å². The van der Waals surface area contributed by atoms with E-state index < -0.39 is 6.10 Å². The quantitative estimate of drug-likeness (QED) is 0.623. The Labute approximate surface area is 74.6 Å². The van der Waals surface area contributed by atoms with Crippen molar-refractivity contribution in [3.8, 4) is 0 Å². The van der Waals surface area contributed by atoms with Gasteiger partial charge >= 0.3 is 0 Å². The Bertz CT molecular complexity index is 145. The number of hydrogen-bond acceptors (Lipinski definition) is 2. The van der Waals surface area contributed by atoms with Gasteiger partial charge in [0.25, 0.3) is 0 Å². The fourth-order valence-corrected chi connectivity index (χ4v) is 2.28. The van der Waals surface area contributed by atoms with Crippen molar-refractivity contribution in [2.75, 3.05) is 0 Å². The van der Waals surface area contributed by atoms with Crippen LogP contribution in [0.4, 0.5) is 0 Å². The molecule has 0 aromatic rings. The summed E-state index contributed by atoms with van der Waals surface area (Å²) < 4.78 is 0. The molecule has 1 aliphatic rings. The van der Waals surface area contributed by atoms with E-state index in [0.717, 1.165) is 12.8 Å². The summed E-state index contributed by atoms with van der Waals surface area (Å²) in [7, 11) is 0. The first-order chi connectivity index (χ1) is 5.52. The number of aliphatic hydroxyl groups excluding tert-OH is 2. The van der Waals surface area contributed by atoms with Crippen molar-refractivity contribution in [3.05, 3.63) is 6.92 Å². The van der Waals surface area contributed by atoms with Crippen LogP contribution in [0.2, 0.25) is 0 Å². The topological polar surface area (TPSA) is 40.5 Å². The predicted octanol–water partition coefficient (Wildman–Crippen LogP) is 1.22. The lowest BCUT2D eigenvalue weighted by Gasteiger charge is -2.37. The van der Waals surface area contributed by atoms with E-state index in [-0.39, 0.29) is 12.0 Å². The van der Waals surface area contributed by atoms with Crippen molar-refractivity contribution in [2.24, 2.45) is 17.8 Å². The Morgan fingerprint density at radius 1 is 1.33 bits per heavy atom. The van der Waals surface area contributed by atoms with Crippen molar-refractivity contribution in [3.63, 3.8) is 0 Å². The maximum absolute atomic E-state index is 9.73. The SMILES string of the molecule is [CH2]C(O)C1CC(C)CC(C)C1O. The van der Waals surface area contributed by atoms with Gasteiger partial charge in [0.05, 0.1) is 12.2 Å². The molecule has 0 heterocycles. The molecule has 71 valence electrons. The van der Waals surface area contributed by atoms with E-state index in [1.54, 1.807) is 0 Å². The molecule has 5 atom stereocenters. The molecule has 1 saturated carbocycles. The van der Waals surface area contributed by atoms with E-state index in [0.29, 0.717) is 11.8 Å². The third kappa shape index (κ3) is 1.99. The molecule has 0 bridgehead atoms. The minimum Gasteiger partial charge on any atom is -0.393 e. The predicted molar refractivity (Wildman–Crippen MR) is 48.4 cm³/mol. The monoisotopic (exact) mass is 171 g/mol. The molecule has 2 heteroatoms. The van der Waals surface area contributed by atoms with E-state index in [4.69, 9.17) is 0 Å². The van der Waals surface area contributed by atoms with Crippen LogP contribution >= 0.6 is 0 Å². The van der Waals surface area contributed by atoms with Crippen LogP contribution in [-0.2, 0) is 0 Å². The van der Waals surface area contributed by atoms with Crippen LogP contribution in [0.3, 0.4) is 0 Å². The summed E-state index contributed by atoms with van der Waals surface area (Å²) in [5.41, 5.74) is 0. The first kappa shape index (κ1) is 10.0. The molecule has 0 spiro atoms. The van der Waals surface area contributed by atoms with Crippen molar-refractivity contribution < 1.29 is 10.2 Å². The zero-order valence-corrected chi connectivity index (χ0v) is 7.90. The van der Waals surface area contributed by atoms with Crippen LogP contribution in [0.15, 0.2) is 0 Å². The molecule has 0 saturated heterocycles. The molecular formula is C10H19O2. The Morgan fingerprint density at radius 3 is 2.42 bits per heavy atom. The average Bonchev–Trinajstić information content (AvgIpc) is 1.96. The fraction of sp³-hybridized carbons (Fsp3) is 0.900. The Kier molecular flexibility index (Phi) is 3.13. The Hall–Kier alpha value is -0.0800. The molecular weight excluding hydrogens is 152 g/mol. The second-order valence-electron chi connectivity index (χ2n) is 4.28. The highest BCUT2D eigenvalue weighted by atomic mass is 16.3. The molecule has 12 heavy (non-hydrogen) atoms. The van der Waals surface area contributed by atoms with Gasteiger partial charge < -0.3 is 10.2 Å². The number of rotatable bonds is 1. The largest absolute Gasteiger partial charge is 0.393 e. The van der Waals surface area contributed by atoms with E-state index in [9.17, 15) is 10.2 Å². The molecule has 2 N–H and O–H groups in total. The van der Waals surface area contributed by atoms with E-state index >= 15 is 0 Å². The van der Waals surface area contributed by atoms with Gasteiger partial charge in [0.2, 0.25) is 0 Å². The minimum absolute atomic E-state index is 0.0243. The highest BCUT2D eigenvalue weighted by Gasteiger charge is 2.34. The molecule has 1 radical (unpaired) electrons. The van der Waals surface area contributed by atoms with Gasteiger partial charge in [0.1, 0.15) is 0 Å². The first-order valence-electron chi connectivity index (χ1n) is 4.71. The van der Waals surface area contributed by atoms with Gasteiger partial charge in [-0.25, -0.2) is 0 Å². The van der Waals surface area contributed by atoms with Gasteiger partial charge in [0, 0.05) is 5.92 Å². The van der Waals surface area contributed by atoms with Crippen LogP contribution in [0.5, 0.6) is 0 Å². The van der Waals surface area contributed by atoms with Gasteiger partial charge in [-0.3, -0.25) is 0 Å². The molecule has 1 fully saturated rings. The highest BCUT2D eigenvalue weighted by molar-refractivity contribution is 4.87. The van der Waals surface area contributed by atoms with Crippen LogP contribution in [0, 0.1) is 24.7 Å². The first-order valence-corrected chi connectivity index (χ1v) is 4.71. The molecule has 2 nitrogen and oxygen atoms in total. The lowest BCUT2D eigenvalue weighted by molar-refractivity contribution is -0.0389. The second kappa shape index (κ2) is 3.75. The normalized spacial score (nSPS) is 45.8. The fourth-order valence-electron chi connectivity index (χ4n) is 2.28. The summed E-state index contributed by atoms with van der Waals surface area (Å²) in [5.74, 6) is 0.878. The Balaban J connectivity index is 2.60. The van der Waals surface area contributed by atoms with Gasteiger partial charge in [-0.15, -0.1) is 0 Å². The second-order valence-corrected chi connectivity index (χ2v) is 4.28. The third-order valence-electron chi connectivity index (χ3n) is 2.96. The molecule has 1 rings (SSSR count). The zero-order valence-electron chi connectivity index (χ0n) is 7.90. The minimum atomic E-state index is -0.620. The smallest absolute Gasteiger partial charge is 0.0618 e. The Morgan fingerprint density at radius 2 is 1.92 bits per heavy atom. The van der Waals surface area contributed by atoms with Crippen molar-refractivity contribution in [2.45, 2.75) is 38.9 Å². The maximum Gasteiger partial charge on any atom is 0.0618 e. The van der Waals surface area contributed by atoms with Crippen LogP contribution in [0.25, 0.3) is 0 Å². The summed E-state index contributed by atoms with van der Waals surface area (Å²) in [6, 6.07) is 0. The summed E-state index contributed by atoms with van der Waals surface area (Å²) in [6.07, 6.45) is 0.972. The summed E-state index contributed by atoms with van der Waals surface area (Å²) in [6.45, 7) is 7.78. The maximum atomic E-state index is 9.73. The lowest BCUT2D eigenvalue weighted by atomic mass is 9.72. The van der Waals surface area contributed by atoms with E-state index in [2.05, 4.69) is 13.8 Å². The molecule has 0 amide bonds. The summed E-state index contributed by atoms with van der Waals surface area (Å²) in [5, 5.41) is 19.0. The zero-order chi connectivity index (χ0) is 9.30. The summed E-state index contributed by atoms with van der Waals surface area (Å²) in [4.78, 5) is 0. The van der Waals surface area contributed by atoms with Crippen LogP contribution in [0.1, 0.15) is 26.7 Å². The van der Waals surface area contributed by atoms with Gasteiger partial charge in [0.15, 0.2) is 0 Å². The number of aliphatic hydroxyl groups is 2. The van der Waals surface area contributed by atoms with Gasteiger partial charge in [-0.2, -0.15) is 0 Å². The highest BCUT2D eigenvalue weighted by Crippen LogP contribution is 2.34. The molecule has 1 aliphatic carbocycles. The molecule has 0 aromatic carbocycles. The third-order valence-corrected chi connectivity index (χ3v) is 2.96. The van der Waals surface area contributed by atoms with E-state index in [1.807, 2.05) is 6.92 Å². The standard InChI is InChI=1S/C10H19O2/c1-6-4-7(2)10(12)9(5-6)8(3)11/h6-12H,3-5H2,1-2H3.